The second kappa shape index (κ2) is 8.73. The van der Waals surface area contributed by atoms with Gasteiger partial charge in [-0.2, -0.15) is 0 Å². The zero-order chi connectivity index (χ0) is 19.2. The SMILES string of the molecule is CC(=O)c1cccc(S(=O)(=O)NCCC(=O)NCc2cccc(C)c2)c1. The van der Waals surface area contributed by atoms with Gasteiger partial charge in [-0.15, -0.1) is 0 Å². The maximum atomic E-state index is 12.3. The standard InChI is InChI=1S/C19H22N2O4S/c1-14-5-3-6-16(11-14)13-20-19(23)9-10-21-26(24,25)18-8-4-7-17(12-18)15(2)22/h3-8,11-12,21H,9-10,13H2,1-2H3,(H,20,23). The fraction of sp³-hybridized carbons (Fsp3) is 0.263. The molecule has 138 valence electrons. The minimum Gasteiger partial charge on any atom is -0.352 e. The van der Waals surface area contributed by atoms with Crippen LogP contribution in [0.3, 0.4) is 0 Å². The molecule has 0 aliphatic carbocycles. The number of carbonyl (C=O) groups is 2. The zero-order valence-corrected chi connectivity index (χ0v) is 15.6. The molecule has 6 nitrogen and oxygen atoms in total. The Bertz CT molecular complexity index is 907. The van der Waals surface area contributed by atoms with Gasteiger partial charge in [0, 0.05) is 25.1 Å². The summed E-state index contributed by atoms with van der Waals surface area (Å²) in [6.07, 6.45) is 0.0252. The summed E-state index contributed by atoms with van der Waals surface area (Å²) in [5.41, 5.74) is 2.42. The second-order valence-electron chi connectivity index (χ2n) is 6.00. The molecule has 0 fully saturated rings. The van der Waals surface area contributed by atoms with Crippen molar-refractivity contribution in [1.82, 2.24) is 10.0 Å². The molecule has 7 heteroatoms. The molecule has 0 unspecified atom stereocenters. The van der Waals surface area contributed by atoms with Crippen molar-refractivity contribution in [2.45, 2.75) is 31.7 Å². The summed E-state index contributed by atoms with van der Waals surface area (Å²) in [5.74, 6) is -0.454. The molecule has 0 heterocycles. The van der Waals surface area contributed by atoms with Crippen molar-refractivity contribution < 1.29 is 18.0 Å². The predicted molar refractivity (Wildman–Crippen MR) is 99.3 cm³/mol. The van der Waals surface area contributed by atoms with E-state index in [4.69, 9.17) is 0 Å². The van der Waals surface area contributed by atoms with Crippen LogP contribution in [0.4, 0.5) is 0 Å². The van der Waals surface area contributed by atoms with Crippen molar-refractivity contribution in [3.05, 3.63) is 65.2 Å². The van der Waals surface area contributed by atoms with Gasteiger partial charge in [0.25, 0.3) is 0 Å². The van der Waals surface area contributed by atoms with Gasteiger partial charge < -0.3 is 5.32 Å². The Balaban J connectivity index is 1.85. The van der Waals surface area contributed by atoms with Crippen LogP contribution in [0.2, 0.25) is 0 Å². The third-order valence-corrected chi connectivity index (χ3v) is 5.23. The quantitative estimate of drug-likeness (QED) is 0.693. The molecular weight excluding hydrogens is 352 g/mol. The van der Waals surface area contributed by atoms with E-state index >= 15 is 0 Å². The number of hydrogen-bond donors (Lipinski definition) is 2. The molecule has 1 amide bonds. The monoisotopic (exact) mass is 374 g/mol. The number of rotatable bonds is 8. The molecule has 0 aliphatic heterocycles. The van der Waals surface area contributed by atoms with E-state index in [1.54, 1.807) is 6.07 Å². The Kier molecular flexibility index (Phi) is 6.65. The average Bonchev–Trinajstić information content (AvgIpc) is 2.60. The fourth-order valence-electron chi connectivity index (χ4n) is 2.38. The van der Waals surface area contributed by atoms with E-state index in [1.807, 2.05) is 31.2 Å². The average molecular weight is 374 g/mol. The van der Waals surface area contributed by atoms with Crippen LogP contribution in [0.15, 0.2) is 53.4 Å². The lowest BCUT2D eigenvalue weighted by atomic mass is 10.1. The number of ketones is 1. The Morgan fingerprint density at radius 1 is 1.04 bits per heavy atom. The highest BCUT2D eigenvalue weighted by Crippen LogP contribution is 2.12. The van der Waals surface area contributed by atoms with E-state index in [1.165, 1.54) is 25.1 Å². The number of hydrogen-bond acceptors (Lipinski definition) is 4. The van der Waals surface area contributed by atoms with Crippen LogP contribution < -0.4 is 10.0 Å². The topological polar surface area (TPSA) is 92.3 Å². The van der Waals surface area contributed by atoms with E-state index < -0.39 is 10.0 Å². The molecule has 0 atom stereocenters. The Morgan fingerprint density at radius 2 is 1.77 bits per heavy atom. The normalized spacial score (nSPS) is 11.2. The van der Waals surface area contributed by atoms with E-state index in [-0.39, 0.29) is 29.6 Å². The number of sulfonamides is 1. The molecule has 0 saturated heterocycles. The highest BCUT2D eigenvalue weighted by atomic mass is 32.2. The maximum Gasteiger partial charge on any atom is 0.240 e. The molecule has 2 aromatic carbocycles. The van der Waals surface area contributed by atoms with Crippen LogP contribution in [-0.4, -0.2) is 26.7 Å². The molecule has 2 aromatic rings. The molecular formula is C19H22N2O4S. The summed E-state index contributed by atoms with van der Waals surface area (Å²) < 4.78 is 26.9. The third-order valence-electron chi connectivity index (χ3n) is 3.77. The van der Waals surface area contributed by atoms with E-state index in [0.717, 1.165) is 11.1 Å². The van der Waals surface area contributed by atoms with Crippen LogP contribution in [0.25, 0.3) is 0 Å². The summed E-state index contributed by atoms with van der Waals surface area (Å²) in [6.45, 7) is 3.72. The first kappa shape index (κ1) is 19.8. The van der Waals surface area contributed by atoms with Gasteiger partial charge in [0.1, 0.15) is 0 Å². The highest BCUT2D eigenvalue weighted by Gasteiger charge is 2.15. The number of benzene rings is 2. The number of aryl methyl sites for hydroxylation is 1. The Morgan fingerprint density at radius 3 is 2.46 bits per heavy atom. The van der Waals surface area contributed by atoms with Crippen LogP contribution in [0.5, 0.6) is 0 Å². The summed E-state index contributed by atoms with van der Waals surface area (Å²) in [6, 6.07) is 13.6. The zero-order valence-electron chi connectivity index (χ0n) is 14.8. The van der Waals surface area contributed by atoms with Gasteiger partial charge in [0.15, 0.2) is 5.78 Å². The molecule has 0 radical (unpaired) electrons. The second-order valence-corrected chi connectivity index (χ2v) is 7.76. The number of carbonyl (C=O) groups excluding carboxylic acids is 2. The largest absolute Gasteiger partial charge is 0.352 e. The smallest absolute Gasteiger partial charge is 0.240 e. The van der Waals surface area contributed by atoms with E-state index in [2.05, 4.69) is 10.0 Å². The van der Waals surface area contributed by atoms with Crippen molar-refractivity contribution in [1.29, 1.82) is 0 Å². The van der Waals surface area contributed by atoms with Crippen LogP contribution in [0.1, 0.15) is 34.8 Å². The van der Waals surface area contributed by atoms with Gasteiger partial charge in [-0.25, -0.2) is 13.1 Å². The van der Waals surface area contributed by atoms with Crippen molar-refractivity contribution in [3.63, 3.8) is 0 Å². The van der Waals surface area contributed by atoms with Crippen molar-refractivity contribution >= 4 is 21.7 Å². The van der Waals surface area contributed by atoms with Gasteiger partial charge in [0.2, 0.25) is 15.9 Å². The lowest BCUT2D eigenvalue weighted by Gasteiger charge is -2.09. The lowest BCUT2D eigenvalue weighted by molar-refractivity contribution is -0.121. The minimum absolute atomic E-state index is 0.00497. The predicted octanol–water partition coefficient (Wildman–Crippen LogP) is 2.18. The molecule has 0 bridgehead atoms. The van der Waals surface area contributed by atoms with Gasteiger partial charge in [-0.3, -0.25) is 9.59 Å². The first-order chi connectivity index (χ1) is 12.3. The third kappa shape index (κ3) is 5.79. The van der Waals surface area contributed by atoms with Crippen LogP contribution >= 0.6 is 0 Å². The van der Waals surface area contributed by atoms with Crippen molar-refractivity contribution in [3.8, 4) is 0 Å². The summed E-state index contributed by atoms with van der Waals surface area (Å²) in [4.78, 5) is 23.3. The number of amides is 1. The molecule has 2 rings (SSSR count). The summed E-state index contributed by atoms with van der Waals surface area (Å²) in [5, 5.41) is 2.76. The van der Waals surface area contributed by atoms with Gasteiger partial charge >= 0.3 is 0 Å². The minimum atomic E-state index is -3.77. The molecule has 0 aromatic heterocycles. The highest BCUT2D eigenvalue weighted by molar-refractivity contribution is 7.89. The van der Waals surface area contributed by atoms with Gasteiger partial charge in [0.05, 0.1) is 4.90 Å². The van der Waals surface area contributed by atoms with Crippen LogP contribution in [-0.2, 0) is 21.4 Å². The first-order valence-corrected chi connectivity index (χ1v) is 9.69. The fourth-order valence-corrected chi connectivity index (χ4v) is 3.45. The molecule has 0 aliphatic rings. The number of Topliss-reactive ketones (excluding diaryl/α,β-unsaturated/α-hetero) is 1. The van der Waals surface area contributed by atoms with Crippen molar-refractivity contribution in [2.24, 2.45) is 0 Å². The summed E-state index contributed by atoms with van der Waals surface area (Å²) in [7, 11) is -3.77. The Labute approximate surface area is 153 Å². The lowest BCUT2D eigenvalue weighted by Crippen LogP contribution is -2.30. The van der Waals surface area contributed by atoms with Crippen LogP contribution in [0, 0.1) is 6.92 Å². The molecule has 0 spiro atoms. The molecule has 0 saturated carbocycles. The number of nitrogens with one attached hydrogen (secondary N) is 2. The molecule has 26 heavy (non-hydrogen) atoms. The van der Waals surface area contributed by atoms with Crippen molar-refractivity contribution in [2.75, 3.05) is 6.54 Å². The van der Waals surface area contributed by atoms with E-state index in [0.29, 0.717) is 12.1 Å². The molecule has 2 N–H and O–H groups in total. The first-order valence-electron chi connectivity index (χ1n) is 8.21. The van der Waals surface area contributed by atoms with E-state index in [9.17, 15) is 18.0 Å². The maximum absolute atomic E-state index is 12.3. The summed E-state index contributed by atoms with van der Waals surface area (Å²) >= 11 is 0. The Hall–Kier alpha value is -2.51. The van der Waals surface area contributed by atoms with Gasteiger partial charge in [-0.1, -0.05) is 42.0 Å². The van der Waals surface area contributed by atoms with Gasteiger partial charge in [-0.05, 0) is 31.5 Å².